The predicted molar refractivity (Wildman–Crippen MR) is 75.9 cm³/mol. The Morgan fingerprint density at radius 3 is 2.77 bits per heavy atom. The van der Waals surface area contributed by atoms with Crippen molar-refractivity contribution < 1.29 is 24.4 Å². The van der Waals surface area contributed by atoms with Crippen molar-refractivity contribution in [2.75, 3.05) is 20.2 Å². The zero-order chi connectivity index (χ0) is 16.3. The van der Waals surface area contributed by atoms with Crippen LogP contribution >= 0.6 is 0 Å². The van der Waals surface area contributed by atoms with Gasteiger partial charge in [0, 0.05) is 24.7 Å². The van der Waals surface area contributed by atoms with Crippen LogP contribution in [0, 0.1) is 16.0 Å². The maximum absolute atomic E-state index is 12.4. The van der Waals surface area contributed by atoms with E-state index >= 15 is 0 Å². The zero-order valence-electron chi connectivity index (χ0n) is 12.0. The molecule has 0 radical (unpaired) electrons. The molecular formula is C14H16N2O6. The number of aliphatic carboxylic acids is 1. The Hall–Kier alpha value is -2.64. The highest BCUT2D eigenvalue weighted by Gasteiger charge is 2.29. The molecule has 0 bridgehead atoms. The fraction of sp³-hybridized carbons (Fsp3) is 0.429. The van der Waals surface area contributed by atoms with E-state index in [9.17, 15) is 19.7 Å². The standard InChI is InChI=1S/C14H16N2O6/c1-22-12-5-4-9(7-11(12)16(20)21)13(17)15-6-2-3-10(8-15)14(18)19/h4-5,7,10H,2-3,6,8H2,1H3,(H,18,19)/t10-/m1/s1. The summed E-state index contributed by atoms with van der Waals surface area (Å²) in [7, 11) is 1.31. The molecule has 0 spiro atoms. The largest absolute Gasteiger partial charge is 0.490 e. The van der Waals surface area contributed by atoms with Crippen molar-refractivity contribution in [2.45, 2.75) is 12.8 Å². The summed E-state index contributed by atoms with van der Waals surface area (Å²) in [6.45, 7) is 0.566. The van der Waals surface area contributed by atoms with Gasteiger partial charge >= 0.3 is 11.7 Å². The maximum atomic E-state index is 12.4. The molecule has 1 aromatic rings. The van der Waals surface area contributed by atoms with E-state index in [0.717, 1.165) is 6.07 Å². The molecule has 0 unspecified atom stereocenters. The summed E-state index contributed by atoms with van der Waals surface area (Å²) in [6.07, 6.45) is 1.13. The van der Waals surface area contributed by atoms with Crippen molar-refractivity contribution in [2.24, 2.45) is 5.92 Å². The summed E-state index contributed by atoms with van der Waals surface area (Å²) >= 11 is 0. The first-order chi connectivity index (χ1) is 10.4. The van der Waals surface area contributed by atoms with Crippen LogP contribution in [0.2, 0.25) is 0 Å². The van der Waals surface area contributed by atoms with E-state index in [2.05, 4.69) is 0 Å². The quantitative estimate of drug-likeness (QED) is 0.667. The van der Waals surface area contributed by atoms with Crippen molar-refractivity contribution in [1.82, 2.24) is 4.90 Å². The fourth-order valence-electron chi connectivity index (χ4n) is 2.51. The Balaban J connectivity index is 2.24. The number of amides is 1. The van der Waals surface area contributed by atoms with Gasteiger partial charge < -0.3 is 14.7 Å². The van der Waals surface area contributed by atoms with Gasteiger partial charge in [0.05, 0.1) is 18.0 Å². The number of rotatable bonds is 4. The number of carboxylic acids is 1. The second-order valence-electron chi connectivity index (χ2n) is 5.07. The summed E-state index contributed by atoms with van der Waals surface area (Å²) in [6, 6.07) is 3.97. The van der Waals surface area contributed by atoms with Gasteiger partial charge in [-0.15, -0.1) is 0 Å². The minimum atomic E-state index is -0.932. The second kappa shape index (κ2) is 6.42. The lowest BCUT2D eigenvalue weighted by atomic mass is 9.97. The van der Waals surface area contributed by atoms with Crippen molar-refractivity contribution in [1.29, 1.82) is 0 Å². The minimum Gasteiger partial charge on any atom is -0.490 e. The number of benzene rings is 1. The third-order valence-corrected chi connectivity index (χ3v) is 3.68. The van der Waals surface area contributed by atoms with Crippen molar-refractivity contribution in [3.05, 3.63) is 33.9 Å². The molecule has 1 fully saturated rings. The average molecular weight is 308 g/mol. The number of piperidine rings is 1. The number of hydrogen-bond donors (Lipinski definition) is 1. The van der Waals surface area contributed by atoms with Crippen LogP contribution in [-0.4, -0.2) is 47.0 Å². The lowest BCUT2D eigenvalue weighted by Gasteiger charge is -2.30. The highest BCUT2D eigenvalue weighted by molar-refractivity contribution is 5.95. The van der Waals surface area contributed by atoms with Gasteiger partial charge in [0.1, 0.15) is 0 Å². The van der Waals surface area contributed by atoms with E-state index < -0.39 is 22.7 Å². The highest BCUT2D eigenvalue weighted by atomic mass is 16.6. The summed E-state index contributed by atoms with van der Waals surface area (Å²) in [5.74, 6) is -1.86. The average Bonchev–Trinajstić information content (AvgIpc) is 2.53. The maximum Gasteiger partial charge on any atom is 0.311 e. The van der Waals surface area contributed by atoms with E-state index in [4.69, 9.17) is 9.84 Å². The molecule has 1 aliphatic rings. The van der Waals surface area contributed by atoms with Crippen molar-refractivity contribution >= 4 is 17.6 Å². The molecule has 1 saturated heterocycles. The first-order valence-corrected chi connectivity index (χ1v) is 6.78. The smallest absolute Gasteiger partial charge is 0.311 e. The molecule has 1 atom stereocenters. The van der Waals surface area contributed by atoms with Crippen LogP contribution < -0.4 is 4.74 Å². The number of carboxylic acid groups (broad SMARTS) is 1. The number of likely N-dealkylation sites (tertiary alicyclic amines) is 1. The molecule has 1 amide bonds. The summed E-state index contributed by atoms with van der Waals surface area (Å²) in [5.41, 5.74) is -0.140. The number of methoxy groups -OCH3 is 1. The molecule has 8 heteroatoms. The molecule has 0 aliphatic carbocycles. The van der Waals surface area contributed by atoms with E-state index in [1.807, 2.05) is 0 Å². The highest BCUT2D eigenvalue weighted by Crippen LogP contribution is 2.28. The Labute approximate surface area is 126 Å². The number of ether oxygens (including phenoxy) is 1. The van der Waals surface area contributed by atoms with Gasteiger partial charge in [-0.3, -0.25) is 19.7 Å². The summed E-state index contributed by atoms with van der Waals surface area (Å²) < 4.78 is 4.89. The molecule has 22 heavy (non-hydrogen) atoms. The fourth-order valence-corrected chi connectivity index (χ4v) is 2.51. The summed E-state index contributed by atoms with van der Waals surface area (Å²) in [5, 5.41) is 20.0. The molecule has 8 nitrogen and oxygen atoms in total. The lowest BCUT2D eigenvalue weighted by molar-refractivity contribution is -0.385. The Bertz CT molecular complexity index is 615. The molecule has 118 valence electrons. The van der Waals surface area contributed by atoms with Crippen LogP contribution in [0.25, 0.3) is 0 Å². The third kappa shape index (κ3) is 3.16. The zero-order valence-corrected chi connectivity index (χ0v) is 12.0. The van der Waals surface area contributed by atoms with E-state index in [1.165, 1.54) is 24.1 Å². The molecule has 0 aromatic heterocycles. The Morgan fingerprint density at radius 2 is 2.18 bits per heavy atom. The van der Waals surface area contributed by atoms with Gasteiger partial charge in [-0.25, -0.2) is 0 Å². The van der Waals surface area contributed by atoms with Gasteiger partial charge in [0.25, 0.3) is 5.91 Å². The van der Waals surface area contributed by atoms with E-state index in [0.29, 0.717) is 19.4 Å². The number of carbonyl (C=O) groups excluding carboxylic acids is 1. The summed E-state index contributed by atoms with van der Waals surface area (Å²) in [4.78, 5) is 35.3. The first kappa shape index (κ1) is 15.7. The molecule has 1 N–H and O–H groups in total. The molecule has 1 aliphatic heterocycles. The Kier molecular flexibility index (Phi) is 4.59. The predicted octanol–water partition coefficient (Wildman–Crippen LogP) is 1.54. The van der Waals surface area contributed by atoms with Crippen LogP contribution in [0.3, 0.4) is 0 Å². The second-order valence-corrected chi connectivity index (χ2v) is 5.07. The number of carbonyl (C=O) groups is 2. The van der Waals surface area contributed by atoms with Crippen molar-refractivity contribution in [3.63, 3.8) is 0 Å². The number of nitro groups is 1. The van der Waals surface area contributed by atoms with Gasteiger partial charge in [0.15, 0.2) is 5.75 Å². The van der Waals surface area contributed by atoms with Crippen LogP contribution in [0.15, 0.2) is 18.2 Å². The monoisotopic (exact) mass is 308 g/mol. The van der Waals surface area contributed by atoms with Gasteiger partial charge in [-0.1, -0.05) is 0 Å². The lowest BCUT2D eigenvalue weighted by Crippen LogP contribution is -2.42. The van der Waals surface area contributed by atoms with E-state index in [1.54, 1.807) is 0 Å². The molecule has 1 aromatic carbocycles. The van der Waals surface area contributed by atoms with Gasteiger partial charge in [0.2, 0.25) is 0 Å². The first-order valence-electron chi connectivity index (χ1n) is 6.78. The molecule has 2 rings (SSSR count). The van der Waals surface area contributed by atoms with Crippen LogP contribution in [-0.2, 0) is 4.79 Å². The SMILES string of the molecule is COc1ccc(C(=O)N2CCC[C@@H](C(=O)O)C2)cc1[N+](=O)[O-]. The van der Waals surface area contributed by atoms with Crippen LogP contribution in [0.1, 0.15) is 23.2 Å². The van der Waals surface area contributed by atoms with Gasteiger partial charge in [-0.05, 0) is 25.0 Å². The number of hydrogen-bond acceptors (Lipinski definition) is 5. The van der Waals surface area contributed by atoms with Crippen LogP contribution in [0.5, 0.6) is 5.75 Å². The van der Waals surface area contributed by atoms with Crippen molar-refractivity contribution in [3.8, 4) is 5.75 Å². The Morgan fingerprint density at radius 1 is 1.45 bits per heavy atom. The van der Waals surface area contributed by atoms with Crippen LogP contribution in [0.4, 0.5) is 5.69 Å². The minimum absolute atomic E-state index is 0.0728. The molecule has 1 heterocycles. The number of nitro benzene ring substituents is 1. The topological polar surface area (TPSA) is 110 Å². The molecule has 0 saturated carbocycles. The van der Waals surface area contributed by atoms with Gasteiger partial charge in [-0.2, -0.15) is 0 Å². The number of nitrogens with zero attached hydrogens (tertiary/aromatic N) is 2. The molecular weight excluding hydrogens is 292 g/mol. The van der Waals surface area contributed by atoms with E-state index in [-0.39, 0.29) is 23.5 Å². The normalized spacial score (nSPS) is 17.9. The third-order valence-electron chi connectivity index (χ3n) is 3.68.